The number of fused-ring (bicyclic) bond motifs is 2. The number of hydrogen-bond acceptors (Lipinski definition) is 2. The van der Waals surface area contributed by atoms with Gasteiger partial charge in [0.15, 0.2) is 5.65 Å². The van der Waals surface area contributed by atoms with Crippen LogP contribution in [0.1, 0.15) is 0 Å². The molecule has 2 aromatic heterocycles. The molecule has 0 spiro atoms. The van der Waals surface area contributed by atoms with Crippen molar-refractivity contribution in [1.29, 1.82) is 0 Å². The van der Waals surface area contributed by atoms with Gasteiger partial charge in [-0.25, -0.2) is 4.98 Å². The van der Waals surface area contributed by atoms with Gasteiger partial charge >= 0.3 is 0 Å². The van der Waals surface area contributed by atoms with Gasteiger partial charge in [-0.05, 0) is 18.2 Å². The molecule has 0 amide bonds. The van der Waals surface area contributed by atoms with E-state index in [1.165, 1.54) is 4.68 Å². The summed E-state index contributed by atoms with van der Waals surface area (Å²) in [6.07, 6.45) is 0. The number of rotatable bonds is 0. The summed E-state index contributed by atoms with van der Waals surface area (Å²) in [7, 11) is 1.69. The van der Waals surface area contributed by atoms with Crippen molar-refractivity contribution in [3.05, 3.63) is 39.1 Å². The second-order valence-electron chi connectivity index (χ2n) is 3.70. The third kappa shape index (κ3) is 1.28. The molecule has 0 aliphatic carbocycles. The monoisotopic (exact) mass is 277 g/mol. The number of nitrogens with one attached hydrogen (secondary N) is 1. The maximum atomic E-state index is 11.7. The van der Waals surface area contributed by atoms with Crippen molar-refractivity contribution in [3.8, 4) is 0 Å². The van der Waals surface area contributed by atoms with Crippen LogP contribution in [0.3, 0.4) is 0 Å². The van der Waals surface area contributed by atoms with Gasteiger partial charge in [0.25, 0.3) is 5.56 Å². The molecule has 0 saturated carbocycles. The van der Waals surface area contributed by atoms with Gasteiger partial charge in [-0.3, -0.25) is 14.6 Å². The highest BCUT2D eigenvalue weighted by atomic mass is 79.9. The number of aryl methyl sites for hydroxylation is 1. The van der Waals surface area contributed by atoms with Crippen LogP contribution in [-0.4, -0.2) is 14.8 Å². The summed E-state index contributed by atoms with van der Waals surface area (Å²) in [6, 6.07) is 7.67. The van der Waals surface area contributed by atoms with E-state index in [1.54, 1.807) is 7.05 Å². The van der Waals surface area contributed by atoms with Crippen LogP contribution in [0.25, 0.3) is 21.9 Å². The van der Waals surface area contributed by atoms with E-state index in [2.05, 4.69) is 26.0 Å². The summed E-state index contributed by atoms with van der Waals surface area (Å²) < 4.78 is 2.41. The quantitative estimate of drug-likeness (QED) is 0.685. The first kappa shape index (κ1) is 9.59. The summed E-state index contributed by atoms with van der Waals surface area (Å²) in [4.78, 5) is 16.1. The van der Waals surface area contributed by atoms with Crippen molar-refractivity contribution in [3.63, 3.8) is 0 Å². The minimum Gasteiger partial charge on any atom is -0.279 e. The van der Waals surface area contributed by atoms with Crippen LogP contribution in [0, 0.1) is 0 Å². The lowest BCUT2D eigenvalue weighted by atomic mass is 10.2. The van der Waals surface area contributed by atoms with Crippen molar-refractivity contribution >= 4 is 37.9 Å². The van der Waals surface area contributed by atoms with Crippen molar-refractivity contribution in [2.75, 3.05) is 0 Å². The molecule has 3 aromatic rings. The standard InChI is InChI=1S/C11H8BrN3O/c1-15-11(16)8-4-6-2-3-7(12)5-9(6)13-10(8)14-15/h2-5H,1H3,(H,13,14). The molecular formula is C11H8BrN3O. The Labute approximate surface area is 99.0 Å². The minimum absolute atomic E-state index is 0.0488. The molecule has 1 N–H and O–H groups in total. The highest BCUT2D eigenvalue weighted by molar-refractivity contribution is 9.10. The Morgan fingerprint density at radius 2 is 2.19 bits per heavy atom. The van der Waals surface area contributed by atoms with E-state index >= 15 is 0 Å². The Bertz CT molecular complexity index is 757. The van der Waals surface area contributed by atoms with Gasteiger partial charge in [-0.1, -0.05) is 22.0 Å². The number of hydrogen-bond donors (Lipinski definition) is 1. The molecule has 0 unspecified atom stereocenters. The van der Waals surface area contributed by atoms with E-state index in [9.17, 15) is 4.79 Å². The zero-order valence-corrected chi connectivity index (χ0v) is 10.1. The Hall–Kier alpha value is -1.62. The number of aromatic nitrogens is 3. The number of halogens is 1. The highest BCUT2D eigenvalue weighted by Gasteiger charge is 2.06. The van der Waals surface area contributed by atoms with E-state index in [4.69, 9.17) is 0 Å². The lowest BCUT2D eigenvalue weighted by molar-refractivity contribution is 0.748. The number of benzene rings is 1. The lowest BCUT2D eigenvalue weighted by Gasteiger charge is -1.97. The van der Waals surface area contributed by atoms with E-state index in [0.29, 0.717) is 11.0 Å². The summed E-state index contributed by atoms with van der Waals surface area (Å²) in [5.41, 5.74) is 1.44. The van der Waals surface area contributed by atoms with Crippen molar-refractivity contribution in [1.82, 2.24) is 14.8 Å². The van der Waals surface area contributed by atoms with Crippen LogP contribution in [0.2, 0.25) is 0 Å². The van der Waals surface area contributed by atoms with Gasteiger partial charge in [0.2, 0.25) is 0 Å². The predicted octanol–water partition coefficient (Wildman–Crippen LogP) is 2.18. The molecule has 0 radical (unpaired) electrons. The van der Waals surface area contributed by atoms with Crippen LogP contribution in [-0.2, 0) is 7.05 Å². The zero-order chi connectivity index (χ0) is 11.3. The second kappa shape index (κ2) is 3.18. The molecule has 0 fully saturated rings. The van der Waals surface area contributed by atoms with Crippen LogP contribution >= 0.6 is 15.9 Å². The summed E-state index contributed by atoms with van der Waals surface area (Å²) in [5.74, 6) is 0. The fourth-order valence-corrected chi connectivity index (χ4v) is 2.13. The first-order valence-corrected chi connectivity index (χ1v) is 5.59. The van der Waals surface area contributed by atoms with Crippen LogP contribution < -0.4 is 5.56 Å². The molecule has 4 nitrogen and oxygen atoms in total. The number of nitrogens with zero attached hydrogens (tertiary/aromatic N) is 2. The molecule has 0 atom stereocenters. The molecule has 2 heterocycles. The molecule has 1 aromatic carbocycles. The number of H-pyrrole nitrogens is 1. The predicted molar refractivity (Wildman–Crippen MR) is 66.5 cm³/mol. The summed E-state index contributed by atoms with van der Waals surface area (Å²) >= 11 is 3.40. The largest absolute Gasteiger partial charge is 0.279 e. The first-order chi connectivity index (χ1) is 7.65. The van der Waals surface area contributed by atoms with Crippen LogP contribution in [0.4, 0.5) is 0 Å². The average Bonchev–Trinajstić information content (AvgIpc) is 2.52. The smallest absolute Gasteiger partial charge is 0.275 e. The number of pyridine rings is 1. The fourth-order valence-electron chi connectivity index (χ4n) is 1.78. The lowest BCUT2D eigenvalue weighted by Crippen LogP contribution is -2.11. The first-order valence-electron chi connectivity index (χ1n) is 4.80. The molecule has 0 aliphatic heterocycles. The third-order valence-corrected chi connectivity index (χ3v) is 3.08. The van der Waals surface area contributed by atoms with Gasteiger partial charge in [0, 0.05) is 16.9 Å². The Morgan fingerprint density at radius 1 is 1.38 bits per heavy atom. The minimum atomic E-state index is -0.0488. The van der Waals surface area contributed by atoms with Gasteiger partial charge in [-0.2, -0.15) is 0 Å². The highest BCUT2D eigenvalue weighted by Crippen LogP contribution is 2.20. The van der Waals surface area contributed by atoms with Crippen LogP contribution in [0.5, 0.6) is 0 Å². The van der Waals surface area contributed by atoms with E-state index < -0.39 is 0 Å². The third-order valence-electron chi connectivity index (χ3n) is 2.59. The Kier molecular flexibility index (Phi) is 1.91. The van der Waals surface area contributed by atoms with Gasteiger partial charge in [0.05, 0.1) is 10.9 Å². The van der Waals surface area contributed by atoms with Gasteiger partial charge in [-0.15, -0.1) is 0 Å². The maximum Gasteiger partial charge on any atom is 0.275 e. The SMILES string of the molecule is Cn1[nH]c2nc3cc(Br)ccc3cc2c1=O. The second-order valence-corrected chi connectivity index (χ2v) is 4.61. The van der Waals surface area contributed by atoms with Gasteiger partial charge < -0.3 is 0 Å². The Balaban J connectivity index is 2.53. The van der Waals surface area contributed by atoms with E-state index in [1.807, 2.05) is 24.3 Å². The van der Waals surface area contributed by atoms with Gasteiger partial charge in [0.1, 0.15) is 0 Å². The average molecular weight is 278 g/mol. The normalized spacial score (nSPS) is 11.4. The molecule has 0 saturated heterocycles. The maximum absolute atomic E-state index is 11.7. The molecule has 3 rings (SSSR count). The summed E-state index contributed by atoms with van der Waals surface area (Å²) in [5, 5.41) is 4.50. The fraction of sp³-hybridized carbons (Fsp3) is 0.0909. The van der Waals surface area contributed by atoms with Crippen molar-refractivity contribution in [2.24, 2.45) is 7.05 Å². The molecule has 0 aliphatic rings. The topological polar surface area (TPSA) is 50.7 Å². The number of aromatic amines is 1. The zero-order valence-electron chi connectivity index (χ0n) is 8.49. The van der Waals surface area contributed by atoms with E-state index in [0.717, 1.165) is 15.4 Å². The molecule has 16 heavy (non-hydrogen) atoms. The molecule has 80 valence electrons. The van der Waals surface area contributed by atoms with Crippen molar-refractivity contribution in [2.45, 2.75) is 0 Å². The summed E-state index contributed by atoms with van der Waals surface area (Å²) in [6.45, 7) is 0. The van der Waals surface area contributed by atoms with E-state index in [-0.39, 0.29) is 5.56 Å². The van der Waals surface area contributed by atoms with Crippen LogP contribution in [0.15, 0.2) is 33.5 Å². The molecular weight excluding hydrogens is 270 g/mol. The Morgan fingerprint density at radius 3 is 3.00 bits per heavy atom. The van der Waals surface area contributed by atoms with Crippen molar-refractivity contribution < 1.29 is 0 Å². The molecule has 5 heteroatoms. The molecule has 0 bridgehead atoms.